The van der Waals surface area contributed by atoms with Gasteiger partial charge in [-0.05, 0) is 67.1 Å². The summed E-state index contributed by atoms with van der Waals surface area (Å²) in [6, 6.07) is 23.0. The van der Waals surface area contributed by atoms with Gasteiger partial charge in [0, 0.05) is 22.9 Å². The molecule has 0 saturated carbocycles. The van der Waals surface area contributed by atoms with Crippen molar-refractivity contribution in [2.45, 2.75) is 32.2 Å². The number of aryl methyl sites for hydroxylation is 2. The molecule has 3 aromatic carbocycles. The van der Waals surface area contributed by atoms with E-state index in [0.717, 1.165) is 23.4 Å². The molecule has 0 saturated heterocycles. The SMILES string of the molecule is Cc1cccc(C2Nc3ccc(NC(=O)c4ccccc4C)cc3C3C=CCC32)c1. The molecular weight excluding hydrogens is 368 g/mol. The second kappa shape index (κ2) is 7.49. The molecule has 1 aliphatic carbocycles. The number of anilines is 2. The standard InChI is InChI=1S/C27H26N2O/c1-17-7-5-9-19(15-17)26-23-12-6-11-22(23)24-16-20(13-14-25(24)29-26)28-27(30)21-10-4-3-8-18(21)2/h3-11,13-16,22-23,26,29H,12H2,1-2H3,(H,28,30). The number of hydrogen-bond acceptors (Lipinski definition) is 2. The van der Waals surface area contributed by atoms with E-state index in [2.05, 4.69) is 66.1 Å². The molecule has 0 aromatic heterocycles. The van der Waals surface area contributed by atoms with Gasteiger partial charge in [-0.1, -0.05) is 60.2 Å². The van der Waals surface area contributed by atoms with E-state index in [9.17, 15) is 4.79 Å². The maximum Gasteiger partial charge on any atom is 0.255 e. The first-order valence-electron chi connectivity index (χ1n) is 10.6. The zero-order valence-electron chi connectivity index (χ0n) is 17.4. The van der Waals surface area contributed by atoms with Gasteiger partial charge in [0.05, 0.1) is 6.04 Å². The molecule has 3 aromatic rings. The lowest BCUT2D eigenvalue weighted by Crippen LogP contribution is -2.29. The van der Waals surface area contributed by atoms with Crippen molar-refractivity contribution in [3.8, 4) is 0 Å². The Labute approximate surface area is 177 Å². The van der Waals surface area contributed by atoms with Crippen LogP contribution in [0.3, 0.4) is 0 Å². The Morgan fingerprint density at radius 2 is 1.87 bits per heavy atom. The van der Waals surface area contributed by atoms with Crippen molar-refractivity contribution >= 4 is 17.3 Å². The Kier molecular flexibility index (Phi) is 4.66. The molecule has 150 valence electrons. The van der Waals surface area contributed by atoms with Crippen LogP contribution >= 0.6 is 0 Å². The number of carbonyl (C=O) groups is 1. The van der Waals surface area contributed by atoms with E-state index < -0.39 is 0 Å². The molecule has 1 amide bonds. The molecule has 5 rings (SSSR count). The highest BCUT2D eigenvalue weighted by atomic mass is 16.1. The highest BCUT2D eigenvalue weighted by Gasteiger charge is 2.38. The van der Waals surface area contributed by atoms with E-state index in [1.807, 2.05) is 37.3 Å². The van der Waals surface area contributed by atoms with E-state index >= 15 is 0 Å². The number of rotatable bonds is 3. The minimum Gasteiger partial charge on any atom is -0.378 e. The van der Waals surface area contributed by atoms with Crippen molar-refractivity contribution in [3.05, 3.63) is 107 Å². The second-order valence-corrected chi connectivity index (χ2v) is 8.46. The lowest BCUT2D eigenvalue weighted by Gasteiger charge is -2.38. The molecule has 0 bridgehead atoms. The maximum absolute atomic E-state index is 12.8. The molecule has 3 unspecified atom stereocenters. The van der Waals surface area contributed by atoms with E-state index in [4.69, 9.17) is 0 Å². The third kappa shape index (κ3) is 3.30. The monoisotopic (exact) mass is 394 g/mol. The van der Waals surface area contributed by atoms with Gasteiger partial charge in [-0.25, -0.2) is 0 Å². The van der Waals surface area contributed by atoms with Crippen LogP contribution in [0, 0.1) is 19.8 Å². The van der Waals surface area contributed by atoms with Gasteiger partial charge < -0.3 is 10.6 Å². The minimum absolute atomic E-state index is 0.0621. The van der Waals surface area contributed by atoms with Crippen LogP contribution in [0.2, 0.25) is 0 Å². The minimum atomic E-state index is -0.0621. The summed E-state index contributed by atoms with van der Waals surface area (Å²) in [5.41, 5.74) is 7.59. The van der Waals surface area contributed by atoms with Gasteiger partial charge in [0.2, 0.25) is 0 Å². The predicted octanol–water partition coefficient (Wildman–Crippen LogP) is 6.38. The molecule has 1 heterocycles. The van der Waals surface area contributed by atoms with Gasteiger partial charge >= 0.3 is 0 Å². The highest BCUT2D eigenvalue weighted by Crippen LogP contribution is 2.50. The lowest BCUT2D eigenvalue weighted by molar-refractivity contribution is 0.102. The van der Waals surface area contributed by atoms with E-state index in [1.54, 1.807) is 0 Å². The third-order valence-corrected chi connectivity index (χ3v) is 6.41. The van der Waals surface area contributed by atoms with Crippen LogP contribution < -0.4 is 10.6 Å². The largest absolute Gasteiger partial charge is 0.378 e. The van der Waals surface area contributed by atoms with Crippen molar-refractivity contribution in [3.63, 3.8) is 0 Å². The van der Waals surface area contributed by atoms with Crippen molar-refractivity contribution in [1.29, 1.82) is 0 Å². The Morgan fingerprint density at radius 3 is 2.70 bits per heavy atom. The summed E-state index contributed by atoms with van der Waals surface area (Å²) >= 11 is 0. The summed E-state index contributed by atoms with van der Waals surface area (Å²) in [6.07, 6.45) is 5.70. The van der Waals surface area contributed by atoms with E-state index in [1.165, 1.54) is 16.7 Å². The third-order valence-electron chi connectivity index (χ3n) is 6.41. The molecule has 1 aliphatic heterocycles. The molecule has 0 fully saturated rings. The normalized spacial score (nSPS) is 21.5. The number of amides is 1. The van der Waals surface area contributed by atoms with Gasteiger partial charge in [0.25, 0.3) is 5.91 Å². The molecule has 3 heteroatoms. The Balaban J connectivity index is 1.45. The van der Waals surface area contributed by atoms with Gasteiger partial charge in [-0.3, -0.25) is 4.79 Å². The number of nitrogens with one attached hydrogen (secondary N) is 2. The average Bonchev–Trinajstić information content (AvgIpc) is 3.24. The van der Waals surface area contributed by atoms with Gasteiger partial charge in [0.1, 0.15) is 0 Å². The van der Waals surface area contributed by atoms with Crippen LogP contribution in [0.15, 0.2) is 78.9 Å². The molecule has 0 spiro atoms. The first-order chi connectivity index (χ1) is 14.6. The summed E-state index contributed by atoms with van der Waals surface area (Å²) in [7, 11) is 0. The first kappa shape index (κ1) is 18.7. The number of allylic oxidation sites excluding steroid dienone is 2. The summed E-state index contributed by atoms with van der Waals surface area (Å²) in [5, 5.41) is 6.87. The number of hydrogen-bond donors (Lipinski definition) is 2. The Morgan fingerprint density at radius 1 is 1.00 bits per heavy atom. The Hall–Kier alpha value is -3.33. The average molecular weight is 395 g/mol. The zero-order chi connectivity index (χ0) is 20.7. The number of carbonyl (C=O) groups excluding carboxylic acids is 1. The van der Waals surface area contributed by atoms with Crippen LogP contribution in [0.1, 0.15) is 51.0 Å². The van der Waals surface area contributed by atoms with Crippen molar-refractivity contribution < 1.29 is 4.79 Å². The van der Waals surface area contributed by atoms with E-state index in [0.29, 0.717) is 23.4 Å². The number of benzene rings is 3. The lowest BCUT2D eigenvalue weighted by atomic mass is 9.76. The molecule has 0 radical (unpaired) electrons. The van der Waals surface area contributed by atoms with E-state index in [-0.39, 0.29) is 5.91 Å². The zero-order valence-corrected chi connectivity index (χ0v) is 17.4. The summed E-state index contributed by atoms with van der Waals surface area (Å²) < 4.78 is 0. The van der Waals surface area contributed by atoms with Crippen LogP contribution in [0.25, 0.3) is 0 Å². The Bertz CT molecular complexity index is 1150. The first-order valence-corrected chi connectivity index (χ1v) is 10.6. The molecular formula is C27H26N2O. The molecule has 30 heavy (non-hydrogen) atoms. The quantitative estimate of drug-likeness (QED) is 0.506. The van der Waals surface area contributed by atoms with Gasteiger partial charge in [-0.15, -0.1) is 0 Å². The fourth-order valence-electron chi connectivity index (χ4n) is 4.89. The van der Waals surface area contributed by atoms with Gasteiger partial charge in [0.15, 0.2) is 0 Å². The van der Waals surface area contributed by atoms with Crippen molar-refractivity contribution in [2.75, 3.05) is 10.6 Å². The topological polar surface area (TPSA) is 41.1 Å². The number of fused-ring (bicyclic) bond motifs is 3. The fraction of sp³-hybridized carbons (Fsp3) is 0.222. The molecule has 3 atom stereocenters. The molecule has 2 aliphatic rings. The summed E-state index contributed by atoms with van der Waals surface area (Å²) in [6.45, 7) is 4.11. The second-order valence-electron chi connectivity index (χ2n) is 8.46. The smallest absolute Gasteiger partial charge is 0.255 e. The highest BCUT2D eigenvalue weighted by molar-refractivity contribution is 6.05. The molecule has 2 N–H and O–H groups in total. The van der Waals surface area contributed by atoms with Gasteiger partial charge in [-0.2, -0.15) is 0 Å². The fourth-order valence-corrected chi connectivity index (χ4v) is 4.89. The summed E-state index contributed by atoms with van der Waals surface area (Å²) in [4.78, 5) is 12.8. The summed E-state index contributed by atoms with van der Waals surface area (Å²) in [5.74, 6) is 0.789. The van der Waals surface area contributed by atoms with Crippen LogP contribution in [0.5, 0.6) is 0 Å². The maximum atomic E-state index is 12.8. The molecule has 3 nitrogen and oxygen atoms in total. The van der Waals surface area contributed by atoms with Crippen molar-refractivity contribution in [2.24, 2.45) is 5.92 Å². The van der Waals surface area contributed by atoms with Crippen LogP contribution in [-0.4, -0.2) is 5.91 Å². The van der Waals surface area contributed by atoms with Crippen molar-refractivity contribution in [1.82, 2.24) is 0 Å². The van der Waals surface area contributed by atoms with Crippen LogP contribution in [0.4, 0.5) is 11.4 Å². The predicted molar refractivity (Wildman–Crippen MR) is 123 cm³/mol. The van der Waals surface area contributed by atoms with Crippen LogP contribution in [-0.2, 0) is 0 Å².